The number of halogens is 1. The third-order valence-electron chi connectivity index (χ3n) is 6.43. The van der Waals surface area contributed by atoms with Gasteiger partial charge in [-0.05, 0) is 38.5 Å². The molecule has 3 rings (SSSR count). The van der Waals surface area contributed by atoms with Crippen LogP contribution >= 0.6 is 24.0 Å². The number of hydrogen-bond donors (Lipinski definition) is 1. The third kappa shape index (κ3) is 7.82. The molecule has 7 heteroatoms. The van der Waals surface area contributed by atoms with Crippen molar-refractivity contribution in [2.75, 3.05) is 65.6 Å². The van der Waals surface area contributed by atoms with Crippen molar-refractivity contribution in [3.05, 3.63) is 0 Å². The fraction of sp³-hybridized carbons (Fsp3) is 0.955. The second kappa shape index (κ2) is 13.3. The molecule has 1 atom stereocenters. The lowest BCUT2D eigenvalue weighted by Gasteiger charge is -2.36. The maximum atomic E-state index is 6.36. The predicted molar refractivity (Wildman–Crippen MR) is 130 cm³/mol. The molecule has 0 amide bonds. The first-order valence-electron chi connectivity index (χ1n) is 11.7. The van der Waals surface area contributed by atoms with Crippen molar-refractivity contribution in [2.45, 2.75) is 64.4 Å². The molecule has 0 aromatic heterocycles. The fourth-order valence-corrected chi connectivity index (χ4v) is 4.83. The fourth-order valence-electron chi connectivity index (χ4n) is 4.83. The average molecular weight is 523 g/mol. The second-order valence-electron chi connectivity index (χ2n) is 8.78. The van der Waals surface area contributed by atoms with Crippen LogP contribution in [0.5, 0.6) is 0 Å². The maximum Gasteiger partial charge on any atom is 0.194 e. The van der Waals surface area contributed by atoms with Crippen molar-refractivity contribution in [3.63, 3.8) is 0 Å². The van der Waals surface area contributed by atoms with Crippen molar-refractivity contribution < 1.29 is 9.47 Å². The molecule has 29 heavy (non-hydrogen) atoms. The number of morpholine rings is 1. The SMILES string of the molecule is CCCOC1(CN=C(NCC)N2CCC(CN3CCOCC3)C2)CCCCC1.I. The lowest BCUT2D eigenvalue weighted by Crippen LogP contribution is -2.44. The molecule has 2 heterocycles. The number of guanidine groups is 1. The standard InChI is InChI=1S/C22H42N4O2.HI/c1-3-14-28-22(9-6-5-7-10-22)19-24-21(23-4-2)26-11-8-20(18-26)17-25-12-15-27-16-13-25;/h20H,3-19H2,1-2H3,(H,23,24);1H. The molecule has 0 aromatic carbocycles. The summed E-state index contributed by atoms with van der Waals surface area (Å²) in [6.45, 7) is 14.3. The summed E-state index contributed by atoms with van der Waals surface area (Å²) >= 11 is 0. The van der Waals surface area contributed by atoms with E-state index in [-0.39, 0.29) is 29.6 Å². The van der Waals surface area contributed by atoms with Crippen molar-refractivity contribution in [2.24, 2.45) is 10.9 Å². The van der Waals surface area contributed by atoms with E-state index in [1.54, 1.807) is 0 Å². The zero-order chi connectivity index (χ0) is 19.7. The molecule has 2 aliphatic heterocycles. The van der Waals surface area contributed by atoms with Gasteiger partial charge in [0.2, 0.25) is 0 Å². The summed E-state index contributed by atoms with van der Waals surface area (Å²) in [4.78, 5) is 10.1. The van der Waals surface area contributed by atoms with Crippen LogP contribution in [0.2, 0.25) is 0 Å². The van der Waals surface area contributed by atoms with E-state index in [0.29, 0.717) is 0 Å². The molecule has 6 nitrogen and oxygen atoms in total. The van der Waals surface area contributed by atoms with Gasteiger partial charge in [-0.25, -0.2) is 0 Å². The van der Waals surface area contributed by atoms with Gasteiger partial charge in [0.25, 0.3) is 0 Å². The smallest absolute Gasteiger partial charge is 0.194 e. The zero-order valence-corrected chi connectivity index (χ0v) is 21.0. The molecule has 1 N–H and O–H groups in total. The van der Waals surface area contributed by atoms with Crippen LogP contribution in [-0.4, -0.2) is 87.0 Å². The van der Waals surface area contributed by atoms with Gasteiger partial charge in [-0.15, -0.1) is 24.0 Å². The number of likely N-dealkylation sites (tertiary alicyclic amines) is 1. The van der Waals surface area contributed by atoms with Crippen molar-refractivity contribution in [1.82, 2.24) is 15.1 Å². The van der Waals surface area contributed by atoms with Crippen LogP contribution in [0.25, 0.3) is 0 Å². The highest BCUT2D eigenvalue weighted by Crippen LogP contribution is 2.32. The van der Waals surface area contributed by atoms with Crippen LogP contribution < -0.4 is 5.32 Å². The van der Waals surface area contributed by atoms with Gasteiger partial charge in [-0.1, -0.05) is 26.2 Å². The molecular weight excluding hydrogens is 479 g/mol. The molecule has 170 valence electrons. The van der Waals surface area contributed by atoms with Gasteiger partial charge in [0.15, 0.2) is 5.96 Å². The van der Waals surface area contributed by atoms with E-state index in [1.165, 1.54) is 32.2 Å². The maximum absolute atomic E-state index is 6.36. The minimum Gasteiger partial charge on any atom is -0.379 e. The topological polar surface area (TPSA) is 49.3 Å². The van der Waals surface area contributed by atoms with E-state index in [4.69, 9.17) is 14.5 Å². The van der Waals surface area contributed by atoms with Crippen LogP contribution in [-0.2, 0) is 9.47 Å². The minimum absolute atomic E-state index is 0. The Kier molecular flexibility index (Phi) is 11.6. The second-order valence-corrected chi connectivity index (χ2v) is 8.78. The number of rotatable bonds is 8. The molecule has 3 aliphatic rings. The molecule has 1 aliphatic carbocycles. The van der Waals surface area contributed by atoms with E-state index >= 15 is 0 Å². The number of hydrogen-bond acceptors (Lipinski definition) is 4. The molecule has 0 radical (unpaired) electrons. The molecular formula is C22H43IN4O2. The summed E-state index contributed by atoms with van der Waals surface area (Å²) in [5.41, 5.74) is -0.0259. The summed E-state index contributed by atoms with van der Waals surface area (Å²) in [6.07, 6.45) is 8.57. The summed E-state index contributed by atoms with van der Waals surface area (Å²) in [7, 11) is 0. The quantitative estimate of drug-likeness (QED) is 0.301. The Bertz CT molecular complexity index is 479. The highest BCUT2D eigenvalue weighted by Gasteiger charge is 2.33. The lowest BCUT2D eigenvalue weighted by molar-refractivity contribution is -0.0625. The number of ether oxygens (including phenoxy) is 2. The van der Waals surface area contributed by atoms with Gasteiger partial charge in [0.1, 0.15) is 0 Å². The summed E-state index contributed by atoms with van der Waals surface area (Å²) in [5.74, 6) is 1.83. The van der Waals surface area contributed by atoms with Gasteiger partial charge in [0.05, 0.1) is 25.4 Å². The summed E-state index contributed by atoms with van der Waals surface area (Å²) < 4.78 is 11.9. The highest BCUT2D eigenvalue weighted by atomic mass is 127. The van der Waals surface area contributed by atoms with Crippen molar-refractivity contribution in [1.29, 1.82) is 0 Å². The van der Waals surface area contributed by atoms with Crippen molar-refractivity contribution in [3.8, 4) is 0 Å². The molecule has 0 bridgehead atoms. The number of nitrogens with zero attached hydrogens (tertiary/aromatic N) is 3. The molecule has 3 fully saturated rings. The first-order chi connectivity index (χ1) is 13.7. The molecule has 1 unspecified atom stereocenters. The van der Waals surface area contributed by atoms with Gasteiger partial charge in [0, 0.05) is 45.9 Å². The van der Waals surface area contributed by atoms with Crippen LogP contribution in [0.3, 0.4) is 0 Å². The number of nitrogens with one attached hydrogen (secondary N) is 1. The summed E-state index contributed by atoms with van der Waals surface area (Å²) in [6, 6.07) is 0. The minimum atomic E-state index is -0.0259. The largest absolute Gasteiger partial charge is 0.379 e. The Morgan fingerprint density at radius 2 is 1.90 bits per heavy atom. The normalized spacial score (nSPS) is 25.7. The third-order valence-corrected chi connectivity index (χ3v) is 6.43. The zero-order valence-electron chi connectivity index (χ0n) is 18.7. The van der Waals surface area contributed by atoms with Crippen LogP contribution in [0.1, 0.15) is 58.8 Å². The highest BCUT2D eigenvalue weighted by molar-refractivity contribution is 14.0. The number of aliphatic imine (C=N–C) groups is 1. The Labute approximate surface area is 195 Å². The molecule has 0 aromatic rings. The van der Waals surface area contributed by atoms with Crippen LogP contribution in [0, 0.1) is 5.92 Å². The molecule has 2 saturated heterocycles. The average Bonchev–Trinajstić information content (AvgIpc) is 3.19. The van der Waals surface area contributed by atoms with E-state index in [2.05, 4.69) is 29.0 Å². The predicted octanol–water partition coefficient (Wildman–Crippen LogP) is 3.35. The lowest BCUT2D eigenvalue weighted by atomic mass is 9.84. The van der Waals surface area contributed by atoms with Crippen LogP contribution in [0.4, 0.5) is 0 Å². The van der Waals surface area contributed by atoms with Crippen molar-refractivity contribution >= 4 is 29.9 Å². The van der Waals surface area contributed by atoms with E-state index in [0.717, 1.165) is 90.2 Å². The monoisotopic (exact) mass is 522 g/mol. The first kappa shape index (κ1) is 25.1. The molecule has 0 spiro atoms. The van der Waals surface area contributed by atoms with E-state index in [1.807, 2.05) is 0 Å². The molecule has 1 saturated carbocycles. The van der Waals surface area contributed by atoms with Gasteiger partial charge in [-0.2, -0.15) is 0 Å². The Hall–Kier alpha value is -0.120. The van der Waals surface area contributed by atoms with Gasteiger partial charge < -0.3 is 19.7 Å². The Balaban J connectivity index is 0.00000300. The van der Waals surface area contributed by atoms with Crippen LogP contribution in [0.15, 0.2) is 4.99 Å². The Morgan fingerprint density at radius 1 is 1.14 bits per heavy atom. The Morgan fingerprint density at radius 3 is 2.59 bits per heavy atom. The summed E-state index contributed by atoms with van der Waals surface area (Å²) in [5, 5.41) is 3.55. The van der Waals surface area contributed by atoms with E-state index in [9.17, 15) is 0 Å². The first-order valence-corrected chi connectivity index (χ1v) is 11.7. The van der Waals surface area contributed by atoms with Gasteiger partial charge in [-0.3, -0.25) is 9.89 Å². The van der Waals surface area contributed by atoms with E-state index < -0.39 is 0 Å². The van der Waals surface area contributed by atoms with Gasteiger partial charge >= 0.3 is 0 Å².